The highest BCUT2D eigenvalue weighted by atomic mass is 17.1. The molecule has 0 amide bonds. The first-order valence-electron chi connectivity index (χ1n) is 25.2. The predicted octanol–water partition coefficient (Wildman–Crippen LogP) is 13.9. The van der Waals surface area contributed by atoms with Crippen molar-refractivity contribution in [2.45, 2.75) is 72.5 Å². The average Bonchev–Trinajstić information content (AvgIpc) is 3.69. The number of carbonyl (C=O) groups is 1. The fraction of sp³-hybridized carbons (Fsp3) is 0.204. The van der Waals surface area contributed by atoms with E-state index in [4.69, 9.17) is 20.1 Å². The lowest BCUT2D eigenvalue weighted by atomic mass is 9.83. The molecule has 2 aromatic heterocycles. The van der Waals surface area contributed by atoms with Crippen LogP contribution >= 0.6 is 0 Å². The Balaban J connectivity index is 1.38. The van der Waals surface area contributed by atoms with Crippen molar-refractivity contribution < 1.29 is 35.1 Å². The average molecular weight is 817 g/mol. The van der Waals surface area contributed by atoms with Gasteiger partial charge in [-0.2, -0.15) is 5.26 Å². The maximum Gasteiger partial charge on any atom is 0.374 e. The molecule has 2 N–H and O–H groups in total. The lowest BCUT2D eigenvalue weighted by Crippen LogP contribution is -2.11. The van der Waals surface area contributed by atoms with E-state index in [2.05, 4.69) is 9.87 Å². The summed E-state index contributed by atoms with van der Waals surface area (Å²) in [6.07, 6.45) is -0.521. The van der Waals surface area contributed by atoms with Crippen LogP contribution in [0.3, 0.4) is 0 Å². The van der Waals surface area contributed by atoms with E-state index < -0.39 is 72.0 Å². The first-order valence-corrected chi connectivity index (χ1v) is 19.7. The van der Waals surface area contributed by atoms with E-state index >= 15 is 0 Å². The Bertz CT molecular complexity index is 3450. The zero-order valence-electron chi connectivity index (χ0n) is 45.9. The topological polar surface area (TPSA) is 97.5 Å². The van der Waals surface area contributed by atoms with Crippen LogP contribution in [0.2, 0.25) is 0 Å². The Labute approximate surface area is 373 Å². The van der Waals surface area contributed by atoms with E-state index in [1.165, 1.54) is 12.1 Å². The highest BCUT2D eigenvalue weighted by Crippen LogP contribution is 2.41. The van der Waals surface area contributed by atoms with Gasteiger partial charge in [0.25, 0.3) is 0 Å². The van der Waals surface area contributed by atoms with Crippen LogP contribution in [0.5, 0.6) is 5.75 Å². The van der Waals surface area contributed by atoms with E-state index in [1.54, 1.807) is 86.9 Å². The molecule has 61 heavy (non-hydrogen) atoms. The molecule has 0 saturated carbocycles. The fourth-order valence-electron chi connectivity index (χ4n) is 7.36. The third kappa shape index (κ3) is 8.09. The third-order valence-electron chi connectivity index (χ3n) is 10.7. The number of benzene rings is 6. The van der Waals surface area contributed by atoms with Crippen LogP contribution in [0.4, 0.5) is 0 Å². The minimum atomic E-state index is -2.95. The van der Waals surface area contributed by atoms with Gasteiger partial charge in [-0.15, -0.1) is 0 Å². The van der Waals surface area contributed by atoms with Crippen molar-refractivity contribution in [1.29, 1.82) is 0 Å². The molecule has 6 aromatic carbocycles. The number of hydrogen-bond donors (Lipinski definition) is 2. The molecule has 0 fully saturated rings. The Hall–Kier alpha value is -6.83. The van der Waals surface area contributed by atoms with E-state index in [-0.39, 0.29) is 39.6 Å². The van der Waals surface area contributed by atoms with Crippen molar-refractivity contribution in [3.63, 3.8) is 0 Å². The molecule has 0 aliphatic carbocycles. The number of hydrogen-bond acceptors (Lipinski definition) is 6. The molecule has 0 saturated heterocycles. The monoisotopic (exact) mass is 816 g/mol. The van der Waals surface area contributed by atoms with Gasteiger partial charge in [-0.1, -0.05) is 133 Å². The van der Waals surface area contributed by atoms with Crippen LogP contribution < -0.4 is 0 Å². The highest BCUT2D eigenvalue weighted by Gasteiger charge is 2.26. The molecular formula is C54H51N3O4. The number of fused-ring (bicyclic) bond motifs is 1. The van der Waals surface area contributed by atoms with Crippen LogP contribution in [0, 0.1) is 6.85 Å². The molecule has 0 aliphatic heterocycles. The van der Waals surface area contributed by atoms with E-state index in [0.717, 1.165) is 5.56 Å². The fourth-order valence-corrected chi connectivity index (χ4v) is 7.36. The SMILES string of the molecule is [2H]c1nc(-c2cc(-c3cccc4c3nc(-c3ccccc3O)n4-c3ccc(-c4cc(C([2H])(C)C)cc(C([2H])(C)C)c4)cc3C(=O)OO)cc(C(C)(C)C)c2)cc(-c2c([2H])c([2H])c(C([2H])([2H])[2H])c([2H])c2[2H])c1[2H]. The molecule has 0 aliphatic rings. The third-order valence-corrected chi connectivity index (χ3v) is 10.7. The number of imidazole rings is 1. The number of phenolic OH excluding ortho intramolecular Hbond substituents is 1. The first kappa shape index (κ1) is 29.4. The number of rotatable bonds is 9. The van der Waals surface area contributed by atoms with E-state index in [0.29, 0.717) is 55.5 Å². The molecule has 7 heteroatoms. The number of carbonyl (C=O) groups excluding carboxylic acids is 1. The smallest absolute Gasteiger partial charge is 0.374 e. The summed E-state index contributed by atoms with van der Waals surface area (Å²) in [5.41, 5.74) is 4.71. The Morgan fingerprint density at radius 1 is 0.738 bits per heavy atom. The second-order valence-electron chi connectivity index (χ2n) is 16.5. The molecule has 2 heterocycles. The van der Waals surface area contributed by atoms with Crippen molar-refractivity contribution in [3.05, 3.63) is 167 Å². The summed E-state index contributed by atoms with van der Waals surface area (Å²) in [7, 11) is 0. The summed E-state index contributed by atoms with van der Waals surface area (Å²) in [5.74, 6) is -3.03. The minimum absolute atomic E-state index is 0.0728. The summed E-state index contributed by atoms with van der Waals surface area (Å²) in [6, 6.07) is 26.2. The van der Waals surface area contributed by atoms with Gasteiger partial charge in [0, 0.05) is 24.2 Å². The largest absolute Gasteiger partial charge is 0.507 e. The van der Waals surface area contributed by atoms with Gasteiger partial charge >= 0.3 is 5.97 Å². The maximum absolute atomic E-state index is 13.8. The van der Waals surface area contributed by atoms with Crippen LogP contribution in [0.15, 0.2) is 140 Å². The Morgan fingerprint density at radius 2 is 1.44 bits per heavy atom. The summed E-state index contributed by atoms with van der Waals surface area (Å²) in [6.45, 7) is 10.1. The number of aromatic hydroxyl groups is 1. The summed E-state index contributed by atoms with van der Waals surface area (Å²) in [5, 5.41) is 21.4. The highest BCUT2D eigenvalue weighted by molar-refractivity contribution is 6.00. The Morgan fingerprint density at radius 3 is 2.11 bits per heavy atom. The van der Waals surface area contributed by atoms with E-state index in [9.17, 15) is 15.2 Å². The number of aromatic nitrogens is 3. The number of phenols is 1. The molecule has 306 valence electrons. The maximum atomic E-state index is 13.8. The Kier molecular flexibility index (Phi) is 7.87. The second kappa shape index (κ2) is 16.3. The minimum Gasteiger partial charge on any atom is -0.507 e. The first-order chi connectivity index (χ1) is 33.5. The normalized spacial score (nSPS) is 14.9. The number of para-hydroxylation sites is 2. The van der Waals surface area contributed by atoms with Gasteiger partial charge in [0.1, 0.15) is 11.6 Å². The second-order valence-corrected chi connectivity index (χ2v) is 16.5. The predicted molar refractivity (Wildman–Crippen MR) is 247 cm³/mol. The molecule has 8 rings (SSSR count). The zero-order chi connectivity index (χ0) is 52.7. The molecule has 0 radical (unpaired) electrons. The van der Waals surface area contributed by atoms with Crippen LogP contribution in [-0.4, -0.2) is 30.9 Å². The van der Waals surface area contributed by atoms with Crippen molar-refractivity contribution in [2.24, 2.45) is 0 Å². The van der Waals surface area contributed by atoms with Crippen LogP contribution in [0.25, 0.3) is 72.7 Å². The summed E-state index contributed by atoms with van der Waals surface area (Å²) < 4.78 is 95.3. The zero-order valence-corrected chi connectivity index (χ0v) is 34.9. The van der Waals surface area contributed by atoms with Crippen molar-refractivity contribution in [3.8, 4) is 67.5 Å². The van der Waals surface area contributed by atoms with Crippen molar-refractivity contribution >= 4 is 17.0 Å². The number of nitrogens with zero attached hydrogens (tertiary/aromatic N) is 3. The molecule has 0 spiro atoms. The van der Waals surface area contributed by atoms with E-state index in [1.807, 2.05) is 57.2 Å². The number of pyridine rings is 1. The quantitative estimate of drug-likeness (QED) is 0.111. The molecule has 0 bridgehead atoms. The summed E-state index contributed by atoms with van der Waals surface area (Å²) >= 11 is 0. The van der Waals surface area contributed by atoms with Crippen molar-refractivity contribution in [1.82, 2.24) is 14.5 Å². The lowest BCUT2D eigenvalue weighted by Gasteiger charge is -2.22. The van der Waals surface area contributed by atoms with Gasteiger partial charge in [-0.25, -0.2) is 9.78 Å². The standard InChI is InChI=1S/C54H51N3O4/c1-32(2)38-24-39(33(3)4)26-40(25-38)36-20-21-48(46(30-36)53(59)61-60)57-49-14-11-13-44(51(49)56-52(57)45-12-9-10-15-50(45)58)41-27-42(29-43(28-41)54(6,7)8)47-31-37(22-23-55-47)35-18-16-34(5)17-19-35/h9-33,58,60H,1-8H3/i5D3,16D,17D,18D,19D,22D,23D,32D,33D. The lowest BCUT2D eigenvalue weighted by molar-refractivity contribution is -0.182. The van der Waals surface area contributed by atoms with Gasteiger partial charge in [0.15, 0.2) is 0 Å². The molecule has 0 atom stereocenters. The van der Waals surface area contributed by atoms with Gasteiger partial charge in [0.05, 0.1) is 41.8 Å². The van der Waals surface area contributed by atoms with Crippen LogP contribution in [-0.2, 0) is 10.3 Å². The summed E-state index contributed by atoms with van der Waals surface area (Å²) in [4.78, 5) is 27.8. The molecular weight excluding hydrogens is 755 g/mol. The molecule has 7 nitrogen and oxygen atoms in total. The van der Waals surface area contributed by atoms with Crippen molar-refractivity contribution in [2.75, 3.05) is 0 Å². The molecule has 8 aromatic rings. The molecule has 0 unspecified atom stereocenters. The van der Waals surface area contributed by atoms with Gasteiger partial charge in [0.2, 0.25) is 0 Å². The van der Waals surface area contributed by atoms with Crippen LogP contribution in [0.1, 0.15) is 108 Å². The van der Waals surface area contributed by atoms with Gasteiger partial charge in [-0.05, 0) is 123 Å². The van der Waals surface area contributed by atoms with Gasteiger partial charge in [-0.3, -0.25) is 14.4 Å². The van der Waals surface area contributed by atoms with Gasteiger partial charge < -0.3 is 5.11 Å².